The van der Waals surface area contributed by atoms with Gasteiger partial charge in [-0.25, -0.2) is 0 Å². The Bertz CT molecular complexity index is 1200. The number of carbonyl (C=O) groups is 2. The second-order valence-electron chi connectivity index (χ2n) is 8.92. The highest BCUT2D eigenvalue weighted by Crippen LogP contribution is 2.58. The number of hydrogen-bond donors (Lipinski definition) is 3. The number of ketones is 2. The summed E-state index contributed by atoms with van der Waals surface area (Å²) < 4.78 is 10.5. The molecule has 32 heavy (non-hydrogen) atoms. The molecule has 6 atom stereocenters. The number of phenols is 1. The number of Topliss-reactive ketones (excluding diaryl/α,β-unsaturated/α-hetero) is 2. The van der Waals surface area contributed by atoms with Crippen molar-refractivity contribution < 1.29 is 34.0 Å². The van der Waals surface area contributed by atoms with E-state index in [9.17, 15) is 24.9 Å². The highest BCUT2D eigenvalue weighted by molar-refractivity contribution is 7.10. The molecule has 9 nitrogen and oxygen atoms in total. The van der Waals surface area contributed by atoms with Gasteiger partial charge in [-0.1, -0.05) is 19.1 Å². The topological polar surface area (TPSA) is 133 Å². The maximum atomic E-state index is 13.8. The van der Waals surface area contributed by atoms with Crippen LogP contribution in [0.25, 0.3) is 5.76 Å². The van der Waals surface area contributed by atoms with Crippen LogP contribution < -0.4 is 4.52 Å². The van der Waals surface area contributed by atoms with Gasteiger partial charge in [0.15, 0.2) is 11.4 Å². The Labute approximate surface area is 185 Å². The minimum absolute atomic E-state index is 0.0376. The molecule has 0 aliphatic heterocycles. The van der Waals surface area contributed by atoms with Crippen molar-refractivity contribution in [2.75, 3.05) is 14.1 Å². The molecule has 0 amide bonds. The Morgan fingerprint density at radius 1 is 1.22 bits per heavy atom. The number of phenolic OH excluding ortho intramolecular Hbond substituents is 1. The number of aliphatic hydroxyl groups is 2. The summed E-state index contributed by atoms with van der Waals surface area (Å²) >= 11 is 0. The van der Waals surface area contributed by atoms with Crippen molar-refractivity contribution in [1.82, 2.24) is 10.1 Å². The van der Waals surface area contributed by atoms with Crippen LogP contribution in [0, 0.1) is 11.8 Å². The fourth-order valence-corrected chi connectivity index (χ4v) is 5.92. The Kier molecular flexibility index (Phi) is 4.54. The van der Waals surface area contributed by atoms with Gasteiger partial charge in [0.1, 0.15) is 17.1 Å². The molecule has 3 N–H and O–H groups in total. The zero-order chi connectivity index (χ0) is 23.1. The summed E-state index contributed by atoms with van der Waals surface area (Å²) in [6, 6.07) is 4.28. The van der Waals surface area contributed by atoms with E-state index in [-0.39, 0.29) is 46.4 Å². The minimum Gasteiger partial charge on any atom is -0.507 e. The summed E-state index contributed by atoms with van der Waals surface area (Å²) in [5.41, 5.74) is -1.70. The Morgan fingerprint density at radius 3 is 2.59 bits per heavy atom. The molecule has 3 aliphatic rings. The van der Waals surface area contributed by atoms with Gasteiger partial charge in [-0.05, 0) is 49.1 Å². The van der Waals surface area contributed by atoms with E-state index in [1.807, 2.05) is 16.4 Å². The summed E-state index contributed by atoms with van der Waals surface area (Å²) in [6.45, 7) is 1.91. The maximum Gasteiger partial charge on any atom is 0.267 e. The number of aromatic nitrogens is 1. The van der Waals surface area contributed by atoms with Gasteiger partial charge < -0.3 is 24.4 Å². The van der Waals surface area contributed by atoms with Gasteiger partial charge in [0.25, 0.3) is 5.88 Å². The van der Waals surface area contributed by atoms with E-state index in [2.05, 4.69) is 5.16 Å². The van der Waals surface area contributed by atoms with Gasteiger partial charge >= 0.3 is 0 Å². The summed E-state index contributed by atoms with van der Waals surface area (Å²) in [5, 5.41) is 37.0. The third-order valence-electron chi connectivity index (χ3n) is 7.24. The molecule has 1 fully saturated rings. The number of benzene rings is 1. The second kappa shape index (κ2) is 6.88. The van der Waals surface area contributed by atoms with Crippen LogP contribution in [-0.4, -0.2) is 56.6 Å². The zero-order valence-corrected chi connectivity index (χ0v) is 18.8. The average molecular weight is 458 g/mol. The third-order valence-corrected chi connectivity index (χ3v) is 7.47. The number of aromatic hydroxyl groups is 1. The van der Waals surface area contributed by atoms with Gasteiger partial charge in [-0.2, -0.15) is 0 Å². The van der Waals surface area contributed by atoms with Gasteiger partial charge in [0.05, 0.1) is 21.1 Å². The first kappa shape index (κ1) is 21.1. The number of carbonyl (C=O) groups excluding carboxylic acids is 2. The second-order valence-corrected chi connectivity index (χ2v) is 9.15. The minimum atomic E-state index is -2.44. The molecular formula is C22H23N2O7P. The highest BCUT2D eigenvalue weighted by Gasteiger charge is 2.66. The van der Waals surface area contributed by atoms with Crippen molar-refractivity contribution in [2.45, 2.75) is 30.9 Å². The van der Waals surface area contributed by atoms with Crippen molar-refractivity contribution in [3.05, 3.63) is 46.2 Å². The van der Waals surface area contributed by atoms with Crippen molar-refractivity contribution in [2.24, 2.45) is 11.8 Å². The Balaban J connectivity index is 1.76. The SMILES string of the molecule is C[C@H]1c2cccc(O)c2C(O)=C2C(=O)[C@]3(O)C(=O)c4c(OP)noc4[C@@H](N(C)C)[C@@H]3C[C@@H]21. The van der Waals surface area contributed by atoms with Crippen molar-refractivity contribution in [3.63, 3.8) is 0 Å². The summed E-state index contributed by atoms with van der Waals surface area (Å²) in [5.74, 6) is -3.73. The molecule has 0 spiro atoms. The van der Waals surface area contributed by atoms with Crippen LogP contribution in [0.15, 0.2) is 28.3 Å². The Morgan fingerprint density at radius 2 is 1.94 bits per heavy atom. The molecule has 3 aliphatic carbocycles. The molecule has 1 saturated carbocycles. The van der Waals surface area contributed by atoms with Crippen molar-refractivity contribution in [3.8, 4) is 11.6 Å². The summed E-state index contributed by atoms with van der Waals surface area (Å²) in [6.07, 6.45) is 0.240. The van der Waals surface area contributed by atoms with Crippen LogP contribution in [0.1, 0.15) is 52.5 Å². The van der Waals surface area contributed by atoms with E-state index in [1.165, 1.54) is 6.07 Å². The number of aliphatic hydroxyl groups excluding tert-OH is 1. The molecule has 2 aromatic rings. The normalized spacial score (nSPS) is 31.2. The molecule has 0 radical (unpaired) electrons. The smallest absolute Gasteiger partial charge is 0.267 e. The van der Waals surface area contributed by atoms with E-state index in [0.717, 1.165) is 0 Å². The molecule has 10 heteroatoms. The largest absolute Gasteiger partial charge is 0.507 e. The van der Waals surface area contributed by atoms with Crippen molar-refractivity contribution in [1.29, 1.82) is 0 Å². The Hall–Kier alpha value is -2.74. The molecule has 1 unspecified atom stereocenters. The molecule has 0 saturated heterocycles. The lowest BCUT2D eigenvalue weighted by atomic mass is 9.55. The summed E-state index contributed by atoms with van der Waals surface area (Å²) in [4.78, 5) is 29.1. The number of hydrogen-bond acceptors (Lipinski definition) is 9. The number of rotatable bonds is 2. The van der Waals surface area contributed by atoms with Crippen LogP contribution in [0.4, 0.5) is 0 Å². The van der Waals surface area contributed by atoms with Crippen LogP contribution in [0.5, 0.6) is 11.6 Å². The fourth-order valence-electron chi connectivity index (χ4n) is 5.76. The first-order valence-electron chi connectivity index (χ1n) is 10.2. The molecular weight excluding hydrogens is 435 g/mol. The molecule has 1 aromatic carbocycles. The van der Waals surface area contributed by atoms with Crippen LogP contribution in [-0.2, 0) is 4.79 Å². The van der Waals surface area contributed by atoms with Gasteiger partial charge in [-0.15, -0.1) is 0 Å². The van der Waals surface area contributed by atoms with E-state index in [0.29, 0.717) is 5.56 Å². The quantitative estimate of drug-likeness (QED) is 0.458. The van der Waals surface area contributed by atoms with E-state index in [4.69, 9.17) is 9.05 Å². The first-order valence-corrected chi connectivity index (χ1v) is 10.7. The summed E-state index contributed by atoms with van der Waals surface area (Å²) in [7, 11) is 5.50. The van der Waals surface area contributed by atoms with Gasteiger partial charge in [-0.3, -0.25) is 14.5 Å². The molecule has 1 aromatic heterocycles. The van der Waals surface area contributed by atoms with Gasteiger partial charge in [0, 0.05) is 11.5 Å². The fraction of sp³-hybridized carbons (Fsp3) is 0.409. The number of nitrogens with zero attached hydrogens (tertiary/aromatic N) is 2. The monoisotopic (exact) mass is 458 g/mol. The molecule has 168 valence electrons. The van der Waals surface area contributed by atoms with Gasteiger partial charge in [0.2, 0.25) is 11.6 Å². The highest BCUT2D eigenvalue weighted by atomic mass is 31.0. The average Bonchev–Trinajstić information content (AvgIpc) is 3.17. The predicted molar refractivity (Wildman–Crippen MR) is 115 cm³/mol. The molecule has 0 bridgehead atoms. The maximum absolute atomic E-state index is 13.8. The third kappa shape index (κ3) is 2.41. The predicted octanol–water partition coefficient (Wildman–Crippen LogP) is 2.37. The van der Waals surface area contributed by atoms with E-state index in [1.54, 1.807) is 31.1 Å². The lowest BCUT2D eigenvalue weighted by molar-refractivity contribution is -0.143. The van der Waals surface area contributed by atoms with Crippen molar-refractivity contribution >= 4 is 26.8 Å². The van der Waals surface area contributed by atoms with E-state index < -0.39 is 40.8 Å². The first-order chi connectivity index (χ1) is 15.1. The standard InChI is InChI=1S/C22H23N2O7P/c1-8-9-5-4-6-12(25)13(9)17(26)14-10(8)7-11-16(24(2)3)18-15(21(31-32)23-30-18)20(28)22(11,29)19(14)27/h4-6,8,10-11,16,25-26,29H,7,32H2,1-3H3/t8-,10+,11-,16-,22-/m0/s1. The lowest BCUT2D eigenvalue weighted by Gasteiger charge is -2.50. The molecule has 1 heterocycles. The lowest BCUT2D eigenvalue weighted by Crippen LogP contribution is -2.63. The zero-order valence-electron chi connectivity index (χ0n) is 17.7. The van der Waals surface area contributed by atoms with Crippen LogP contribution >= 0.6 is 9.47 Å². The number of fused-ring (bicyclic) bond motifs is 4. The molecule has 5 rings (SSSR count). The van der Waals surface area contributed by atoms with E-state index >= 15 is 0 Å². The van der Waals surface area contributed by atoms with Crippen LogP contribution in [0.2, 0.25) is 0 Å². The van der Waals surface area contributed by atoms with Crippen LogP contribution in [0.3, 0.4) is 0 Å².